The number of fused-ring (bicyclic) bond motifs is 1. The van der Waals surface area contributed by atoms with Crippen molar-refractivity contribution >= 4 is 38.8 Å². The number of amides is 1. The molecule has 12 nitrogen and oxygen atoms in total. The molecule has 3 aromatic rings. The second-order valence-corrected chi connectivity index (χ2v) is 11.3. The quantitative estimate of drug-likeness (QED) is 0.476. The highest BCUT2D eigenvalue weighted by Crippen LogP contribution is 2.42. The molecule has 0 saturated carbocycles. The number of pyridine rings is 3. The molecule has 2 N–H and O–H groups in total. The van der Waals surface area contributed by atoms with Crippen molar-refractivity contribution < 1.29 is 27.4 Å². The molecule has 1 fully saturated rings. The molecule has 2 aliphatic rings. The molecule has 0 bridgehead atoms. The van der Waals surface area contributed by atoms with Gasteiger partial charge in [-0.25, -0.2) is 18.4 Å². The van der Waals surface area contributed by atoms with Crippen molar-refractivity contribution in [3.8, 4) is 22.8 Å². The highest BCUT2D eigenvalue weighted by Gasteiger charge is 2.26. The van der Waals surface area contributed by atoms with E-state index in [1.54, 1.807) is 18.5 Å². The Bertz CT molecular complexity index is 1470. The number of morpholine rings is 1. The summed E-state index contributed by atoms with van der Waals surface area (Å²) in [6.45, 7) is 6.93. The summed E-state index contributed by atoms with van der Waals surface area (Å²) in [4.78, 5) is 27.2. The van der Waals surface area contributed by atoms with Gasteiger partial charge in [0.1, 0.15) is 5.82 Å². The number of hydrogen-bond acceptors (Lipinski definition) is 11. The van der Waals surface area contributed by atoms with Crippen LogP contribution in [0.3, 0.4) is 0 Å². The second-order valence-electron chi connectivity index (χ2n) is 9.30. The molecular formula is C25H28N6O6S. The van der Waals surface area contributed by atoms with Gasteiger partial charge >= 0.3 is 0 Å². The van der Waals surface area contributed by atoms with Crippen molar-refractivity contribution in [3.05, 3.63) is 36.7 Å². The molecule has 13 heteroatoms. The molecule has 38 heavy (non-hydrogen) atoms. The van der Waals surface area contributed by atoms with E-state index in [2.05, 4.69) is 30.5 Å². The van der Waals surface area contributed by atoms with E-state index < -0.39 is 9.84 Å². The summed E-state index contributed by atoms with van der Waals surface area (Å²) in [7, 11) is -3.63. The van der Waals surface area contributed by atoms with Crippen LogP contribution in [0.4, 0.5) is 23.0 Å². The molecule has 1 amide bonds. The smallest absolute Gasteiger partial charge is 0.231 e. The van der Waals surface area contributed by atoms with Crippen molar-refractivity contribution in [1.29, 1.82) is 0 Å². The summed E-state index contributed by atoms with van der Waals surface area (Å²) in [6.07, 6.45) is 4.66. The van der Waals surface area contributed by atoms with Gasteiger partial charge in [0.05, 0.1) is 35.5 Å². The summed E-state index contributed by atoms with van der Waals surface area (Å²) >= 11 is 0. The fourth-order valence-electron chi connectivity index (χ4n) is 4.42. The van der Waals surface area contributed by atoms with Crippen LogP contribution < -0.4 is 25.0 Å². The number of aromatic nitrogens is 3. The zero-order valence-electron chi connectivity index (χ0n) is 21.4. The molecule has 2 unspecified atom stereocenters. The average molecular weight is 541 g/mol. The summed E-state index contributed by atoms with van der Waals surface area (Å²) in [5.41, 5.74) is 2.67. The number of carbonyl (C=O) groups is 1. The Morgan fingerprint density at radius 1 is 1.08 bits per heavy atom. The average Bonchev–Trinajstić information content (AvgIpc) is 3.32. The third-order valence-corrected chi connectivity index (χ3v) is 6.95. The topological polar surface area (TPSA) is 145 Å². The first-order chi connectivity index (χ1) is 18.1. The molecule has 0 aliphatic carbocycles. The molecule has 2 aliphatic heterocycles. The van der Waals surface area contributed by atoms with Crippen LogP contribution in [-0.4, -0.2) is 67.6 Å². The highest BCUT2D eigenvalue weighted by molar-refractivity contribution is 7.90. The van der Waals surface area contributed by atoms with Crippen LogP contribution in [0.1, 0.15) is 20.8 Å². The SMILES string of the molecule is CC(=O)Nc1cc(Nc2nc(S(C)(=O)=O)cc3c2OCO3)c(-c2ccc(N3CC(C)OC(C)C3)cn2)cn1. The fraction of sp³-hybridized carbons (Fsp3) is 0.360. The Labute approximate surface area is 220 Å². The van der Waals surface area contributed by atoms with Crippen LogP contribution >= 0.6 is 0 Å². The van der Waals surface area contributed by atoms with E-state index in [1.165, 1.54) is 13.0 Å². The molecule has 2 atom stereocenters. The molecule has 0 aromatic carbocycles. The number of nitrogens with zero attached hydrogens (tertiary/aromatic N) is 4. The molecule has 200 valence electrons. The zero-order valence-corrected chi connectivity index (χ0v) is 22.2. The minimum absolute atomic E-state index is 0.0684. The predicted molar refractivity (Wildman–Crippen MR) is 141 cm³/mol. The molecule has 5 heterocycles. The van der Waals surface area contributed by atoms with Crippen LogP contribution in [0.5, 0.6) is 11.5 Å². The van der Waals surface area contributed by atoms with Crippen molar-refractivity contribution in [1.82, 2.24) is 15.0 Å². The number of nitrogens with one attached hydrogen (secondary N) is 2. The van der Waals surface area contributed by atoms with Gasteiger partial charge in [-0.1, -0.05) is 0 Å². The Kier molecular flexibility index (Phi) is 6.80. The van der Waals surface area contributed by atoms with E-state index in [1.807, 2.05) is 26.0 Å². The summed E-state index contributed by atoms with van der Waals surface area (Å²) in [5, 5.41) is 5.64. The third-order valence-electron chi connectivity index (χ3n) is 5.98. The van der Waals surface area contributed by atoms with Crippen LogP contribution in [0.2, 0.25) is 0 Å². The first-order valence-electron chi connectivity index (χ1n) is 12.0. The number of anilines is 4. The molecule has 0 spiro atoms. The van der Waals surface area contributed by atoms with Crippen LogP contribution in [-0.2, 0) is 19.4 Å². The number of hydrogen-bond donors (Lipinski definition) is 2. The van der Waals surface area contributed by atoms with Crippen molar-refractivity contribution in [2.75, 3.05) is 41.7 Å². The molecule has 3 aromatic heterocycles. The van der Waals surface area contributed by atoms with Gasteiger partial charge in [0.25, 0.3) is 0 Å². The predicted octanol–water partition coefficient (Wildman–Crippen LogP) is 2.99. The van der Waals surface area contributed by atoms with Crippen molar-refractivity contribution in [2.45, 2.75) is 38.0 Å². The highest BCUT2D eigenvalue weighted by atomic mass is 32.2. The van der Waals surface area contributed by atoms with Crippen molar-refractivity contribution in [2.24, 2.45) is 0 Å². The Balaban J connectivity index is 1.53. The van der Waals surface area contributed by atoms with Gasteiger partial charge in [0.2, 0.25) is 18.4 Å². The number of rotatable bonds is 6. The molecule has 5 rings (SSSR count). The van der Waals surface area contributed by atoms with Gasteiger partial charge in [-0.05, 0) is 26.0 Å². The van der Waals surface area contributed by atoms with Crippen molar-refractivity contribution in [3.63, 3.8) is 0 Å². The monoisotopic (exact) mass is 540 g/mol. The van der Waals surface area contributed by atoms with E-state index in [0.29, 0.717) is 22.8 Å². The maximum Gasteiger partial charge on any atom is 0.231 e. The minimum Gasteiger partial charge on any atom is -0.453 e. The van der Waals surface area contributed by atoms with E-state index >= 15 is 0 Å². The lowest BCUT2D eigenvalue weighted by Crippen LogP contribution is -2.45. The lowest BCUT2D eigenvalue weighted by Gasteiger charge is -2.36. The normalized spacial score (nSPS) is 18.8. The third kappa shape index (κ3) is 5.48. The molecular weight excluding hydrogens is 512 g/mol. The lowest BCUT2D eigenvalue weighted by molar-refractivity contribution is -0.114. The van der Waals surface area contributed by atoms with Gasteiger partial charge in [0.15, 0.2) is 26.4 Å². The first-order valence-corrected chi connectivity index (χ1v) is 13.9. The number of carbonyl (C=O) groups excluding carboxylic acids is 1. The van der Waals surface area contributed by atoms with Crippen LogP contribution in [0.25, 0.3) is 11.3 Å². The van der Waals surface area contributed by atoms with Gasteiger partial charge in [-0.2, -0.15) is 0 Å². The van der Waals surface area contributed by atoms with E-state index in [0.717, 1.165) is 25.0 Å². The van der Waals surface area contributed by atoms with Gasteiger partial charge in [-0.15, -0.1) is 0 Å². The maximum absolute atomic E-state index is 12.2. The first kappa shape index (κ1) is 25.7. The van der Waals surface area contributed by atoms with E-state index in [9.17, 15) is 13.2 Å². The summed E-state index contributed by atoms with van der Waals surface area (Å²) < 4.78 is 41.3. The minimum atomic E-state index is -3.63. The lowest BCUT2D eigenvalue weighted by atomic mass is 10.1. The number of sulfone groups is 1. The van der Waals surface area contributed by atoms with Crippen LogP contribution in [0, 0.1) is 0 Å². The van der Waals surface area contributed by atoms with E-state index in [-0.39, 0.29) is 47.3 Å². The maximum atomic E-state index is 12.2. The second kappa shape index (κ2) is 10.1. The zero-order chi connectivity index (χ0) is 27.0. The van der Waals surface area contributed by atoms with Gasteiger partial charge in [0, 0.05) is 50.2 Å². The van der Waals surface area contributed by atoms with E-state index in [4.69, 9.17) is 14.2 Å². The largest absolute Gasteiger partial charge is 0.453 e. The number of ether oxygens (including phenoxy) is 3. The van der Waals surface area contributed by atoms with Gasteiger partial charge in [-0.3, -0.25) is 9.78 Å². The summed E-state index contributed by atoms with van der Waals surface area (Å²) in [6, 6.07) is 6.81. The molecule has 1 saturated heterocycles. The fourth-order valence-corrected chi connectivity index (χ4v) is 5.00. The summed E-state index contributed by atoms with van der Waals surface area (Å²) in [5.74, 6) is 0.693. The molecule has 0 radical (unpaired) electrons. The standard InChI is InChI=1S/C25H28N6O6S/c1-14-11-31(12-15(2)37-14)17-5-6-19(26-9-17)18-10-27-22(28-16(3)32)7-20(18)29-25-24-21(35-13-36-24)8-23(30-25)38(4,33)34/h5-10,14-15H,11-13H2,1-4H3,(H2,27,28,29,30,32). The van der Waals surface area contributed by atoms with Crippen LogP contribution in [0.15, 0.2) is 41.7 Å². The Morgan fingerprint density at radius 2 is 1.84 bits per heavy atom. The Hall–Kier alpha value is -3.97. The Morgan fingerprint density at radius 3 is 2.50 bits per heavy atom. The van der Waals surface area contributed by atoms with Gasteiger partial charge < -0.3 is 29.7 Å².